The SMILES string of the molecule is CCOC(=O)C(C)NC(=O)Nc1ccc(F)c(C(=O)O)c1. The first-order valence-corrected chi connectivity index (χ1v) is 6.12. The van der Waals surface area contributed by atoms with E-state index in [1.165, 1.54) is 13.0 Å². The number of esters is 1. The van der Waals surface area contributed by atoms with E-state index in [9.17, 15) is 18.8 Å². The summed E-state index contributed by atoms with van der Waals surface area (Å²) in [5, 5.41) is 13.4. The van der Waals surface area contributed by atoms with Gasteiger partial charge >= 0.3 is 18.0 Å². The van der Waals surface area contributed by atoms with Gasteiger partial charge in [0, 0.05) is 5.69 Å². The summed E-state index contributed by atoms with van der Waals surface area (Å²) in [6.07, 6.45) is 0. The van der Waals surface area contributed by atoms with Crippen LogP contribution in [0.15, 0.2) is 18.2 Å². The Bertz CT molecular complexity index is 561. The molecule has 0 saturated carbocycles. The molecule has 1 unspecified atom stereocenters. The van der Waals surface area contributed by atoms with Crippen LogP contribution in [-0.4, -0.2) is 35.7 Å². The van der Waals surface area contributed by atoms with Crippen LogP contribution in [0.25, 0.3) is 0 Å². The number of carbonyl (C=O) groups excluding carboxylic acids is 2. The highest BCUT2D eigenvalue weighted by atomic mass is 19.1. The lowest BCUT2D eigenvalue weighted by molar-refractivity contribution is -0.144. The van der Waals surface area contributed by atoms with Gasteiger partial charge < -0.3 is 20.5 Å². The average molecular weight is 298 g/mol. The number of hydrogen-bond donors (Lipinski definition) is 3. The number of benzene rings is 1. The van der Waals surface area contributed by atoms with Crippen molar-refractivity contribution in [1.82, 2.24) is 5.32 Å². The Kier molecular flexibility index (Phi) is 5.65. The van der Waals surface area contributed by atoms with Gasteiger partial charge in [0.25, 0.3) is 0 Å². The molecule has 0 saturated heterocycles. The summed E-state index contributed by atoms with van der Waals surface area (Å²) in [5.41, 5.74) is -0.478. The highest BCUT2D eigenvalue weighted by Crippen LogP contribution is 2.14. The van der Waals surface area contributed by atoms with E-state index in [1.54, 1.807) is 6.92 Å². The fourth-order valence-corrected chi connectivity index (χ4v) is 1.46. The summed E-state index contributed by atoms with van der Waals surface area (Å²) >= 11 is 0. The summed E-state index contributed by atoms with van der Waals surface area (Å²) in [4.78, 5) is 33.7. The van der Waals surface area contributed by atoms with E-state index in [2.05, 4.69) is 10.6 Å². The Morgan fingerprint density at radius 1 is 1.38 bits per heavy atom. The highest BCUT2D eigenvalue weighted by molar-refractivity contribution is 5.94. The van der Waals surface area contributed by atoms with Crippen molar-refractivity contribution < 1.29 is 28.6 Å². The predicted octanol–water partition coefficient (Wildman–Crippen LogP) is 1.60. The van der Waals surface area contributed by atoms with Gasteiger partial charge in [0.15, 0.2) is 0 Å². The predicted molar refractivity (Wildman–Crippen MR) is 71.6 cm³/mol. The maximum Gasteiger partial charge on any atom is 0.338 e. The molecular formula is C13H15FN2O5. The van der Waals surface area contributed by atoms with Crippen LogP contribution < -0.4 is 10.6 Å². The molecule has 114 valence electrons. The molecule has 7 nitrogen and oxygen atoms in total. The number of amides is 2. The van der Waals surface area contributed by atoms with Crippen molar-refractivity contribution in [3.63, 3.8) is 0 Å². The van der Waals surface area contributed by atoms with Gasteiger partial charge in [-0.15, -0.1) is 0 Å². The molecule has 0 fully saturated rings. The van der Waals surface area contributed by atoms with Gasteiger partial charge in [0.1, 0.15) is 11.9 Å². The lowest BCUT2D eigenvalue weighted by Gasteiger charge is -2.13. The molecule has 0 bridgehead atoms. The Morgan fingerprint density at radius 2 is 2.05 bits per heavy atom. The number of rotatable bonds is 5. The van der Waals surface area contributed by atoms with E-state index in [0.29, 0.717) is 0 Å². The minimum Gasteiger partial charge on any atom is -0.478 e. The molecule has 1 aromatic rings. The van der Waals surface area contributed by atoms with Gasteiger partial charge in [0.2, 0.25) is 0 Å². The van der Waals surface area contributed by atoms with E-state index >= 15 is 0 Å². The van der Waals surface area contributed by atoms with E-state index in [1.807, 2.05) is 0 Å². The van der Waals surface area contributed by atoms with Crippen LogP contribution in [0.1, 0.15) is 24.2 Å². The third kappa shape index (κ3) is 4.75. The maximum atomic E-state index is 13.2. The number of urea groups is 1. The fourth-order valence-electron chi connectivity index (χ4n) is 1.46. The number of hydrogen-bond acceptors (Lipinski definition) is 4. The zero-order valence-electron chi connectivity index (χ0n) is 11.5. The normalized spacial score (nSPS) is 11.4. The van der Waals surface area contributed by atoms with Crippen molar-refractivity contribution in [3.8, 4) is 0 Å². The van der Waals surface area contributed by atoms with Gasteiger partial charge in [0.05, 0.1) is 12.2 Å². The standard InChI is InChI=1S/C13H15FN2O5/c1-3-21-12(19)7(2)15-13(20)16-8-4-5-10(14)9(6-8)11(17)18/h4-7H,3H2,1-2H3,(H,17,18)(H2,15,16,20). The summed E-state index contributed by atoms with van der Waals surface area (Å²) in [5.74, 6) is -2.96. The number of anilines is 1. The fraction of sp³-hybridized carbons (Fsp3) is 0.308. The quantitative estimate of drug-likeness (QED) is 0.716. The molecular weight excluding hydrogens is 283 g/mol. The van der Waals surface area contributed by atoms with Gasteiger partial charge in [-0.2, -0.15) is 0 Å². The molecule has 0 radical (unpaired) electrons. The monoisotopic (exact) mass is 298 g/mol. The molecule has 21 heavy (non-hydrogen) atoms. The Balaban J connectivity index is 2.69. The number of aromatic carboxylic acids is 1. The molecule has 1 aromatic carbocycles. The van der Waals surface area contributed by atoms with Gasteiger partial charge in [-0.25, -0.2) is 18.8 Å². The number of nitrogens with one attached hydrogen (secondary N) is 2. The second-order valence-corrected chi connectivity index (χ2v) is 4.07. The number of carbonyl (C=O) groups is 3. The minimum absolute atomic E-state index is 0.0855. The molecule has 1 atom stereocenters. The zero-order chi connectivity index (χ0) is 16.0. The molecule has 3 N–H and O–H groups in total. The van der Waals surface area contributed by atoms with E-state index in [-0.39, 0.29) is 12.3 Å². The van der Waals surface area contributed by atoms with Crippen molar-refractivity contribution in [2.75, 3.05) is 11.9 Å². The molecule has 0 aliphatic heterocycles. The zero-order valence-corrected chi connectivity index (χ0v) is 11.5. The van der Waals surface area contributed by atoms with E-state index in [4.69, 9.17) is 9.84 Å². The van der Waals surface area contributed by atoms with Crippen LogP contribution in [0.3, 0.4) is 0 Å². The molecule has 0 aromatic heterocycles. The van der Waals surface area contributed by atoms with Crippen LogP contribution in [0.2, 0.25) is 0 Å². The average Bonchev–Trinajstić information content (AvgIpc) is 2.40. The topological polar surface area (TPSA) is 105 Å². The molecule has 0 spiro atoms. The molecule has 2 amide bonds. The second-order valence-electron chi connectivity index (χ2n) is 4.07. The third-order valence-corrected chi connectivity index (χ3v) is 2.44. The molecule has 8 heteroatoms. The third-order valence-electron chi connectivity index (χ3n) is 2.44. The molecule has 1 rings (SSSR count). The second kappa shape index (κ2) is 7.22. The van der Waals surface area contributed by atoms with E-state index in [0.717, 1.165) is 12.1 Å². The highest BCUT2D eigenvalue weighted by Gasteiger charge is 2.17. The van der Waals surface area contributed by atoms with Crippen LogP contribution in [-0.2, 0) is 9.53 Å². The first-order valence-electron chi connectivity index (χ1n) is 6.12. The summed E-state index contributed by atoms with van der Waals surface area (Å²) in [6, 6.07) is 1.50. The van der Waals surface area contributed by atoms with Gasteiger partial charge in [-0.05, 0) is 32.0 Å². The van der Waals surface area contributed by atoms with Crippen molar-refractivity contribution in [2.24, 2.45) is 0 Å². The lowest BCUT2D eigenvalue weighted by atomic mass is 10.2. The van der Waals surface area contributed by atoms with Crippen molar-refractivity contribution >= 4 is 23.7 Å². The number of halogens is 1. The first-order chi connectivity index (χ1) is 9.85. The van der Waals surface area contributed by atoms with Crippen LogP contribution in [0, 0.1) is 5.82 Å². The summed E-state index contributed by atoms with van der Waals surface area (Å²) < 4.78 is 17.9. The number of carboxylic acids is 1. The Labute approximate surface area is 120 Å². The number of carboxylic acid groups (broad SMARTS) is 1. The Morgan fingerprint density at radius 3 is 2.62 bits per heavy atom. The molecule has 0 heterocycles. The Hall–Kier alpha value is -2.64. The van der Waals surface area contributed by atoms with Crippen molar-refractivity contribution in [3.05, 3.63) is 29.6 Å². The number of ether oxygens (including phenoxy) is 1. The van der Waals surface area contributed by atoms with Gasteiger partial charge in [-0.3, -0.25) is 0 Å². The lowest BCUT2D eigenvalue weighted by Crippen LogP contribution is -2.41. The van der Waals surface area contributed by atoms with Crippen molar-refractivity contribution in [2.45, 2.75) is 19.9 Å². The van der Waals surface area contributed by atoms with E-state index < -0.39 is 35.4 Å². The van der Waals surface area contributed by atoms with Crippen molar-refractivity contribution in [1.29, 1.82) is 0 Å². The summed E-state index contributed by atoms with van der Waals surface area (Å²) in [7, 11) is 0. The molecule has 0 aliphatic carbocycles. The smallest absolute Gasteiger partial charge is 0.338 e. The largest absolute Gasteiger partial charge is 0.478 e. The van der Waals surface area contributed by atoms with Crippen LogP contribution >= 0.6 is 0 Å². The van der Waals surface area contributed by atoms with Crippen LogP contribution in [0.4, 0.5) is 14.9 Å². The molecule has 0 aliphatic rings. The van der Waals surface area contributed by atoms with Gasteiger partial charge in [-0.1, -0.05) is 0 Å². The first kappa shape index (κ1) is 16.4. The minimum atomic E-state index is -1.45. The maximum absolute atomic E-state index is 13.2. The van der Waals surface area contributed by atoms with Crippen LogP contribution in [0.5, 0.6) is 0 Å². The summed E-state index contributed by atoms with van der Waals surface area (Å²) in [6.45, 7) is 3.26.